The second-order valence-corrected chi connectivity index (χ2v) is 7.27. The largest absolute Gasteiger partial charge is 0.493 e. The van der Waals surface area contributed by atoms with E-state index in [1.807, 2.05) is 0 Å². The Morgan fingerprint density at radius 1 is 0.875 bits per heavy atom. The monoisotopic (exact) mass is 443 g/mol. The lowest BCUT2D eigenvalue weighted by molar-refractivity contribution is 0.0525. The average Bonchev–Trinajstić information content (AvgIpc) is 2.76. The number of hydrogen-bond donors (Lipinski definition) is 0. The number of rotatable bonds is 11. The number of pyridine rings is 1. The van der Waals surface area contributed by atoms with Crippen molar-refractivity contribution in [3.05, 3.63) is 40.7 Å². The van der Waals surface area contributed by atoms with E-state index in [4.69, 9.17) is 18.9 Å². The summed E-state index contributed by atoms with van der Waals surface area (Å²) in [4.78, 5) is 30.1. The van der Waals surface area contributed by atoms with Gasteiger partial charge in [0.1, 0.15) is 0 Å². The van der Waals surface area contributed by atoms with Gasteiger partial charge in [0.05, 0.1) is 49.4 Å². The van der Waals surface area contributed by atoms with Gasteiger partial charge in [0.2, 0.25) is 0 Å². The first-order valence-corrected chi connectivity index (χ1v) is 11.1. The lowest BCUT2D eigenvalue weighted by atomic mass is 9.92. The van der Waals surface area contributed by atoms with E-state index >= 15 is 0 Å². The van der Waals surface area contributed by atoms with Crippen molar-refractivity contribution in [2.45, 2.75) is 53.9 Å². The van der Waals surface area contributed by atoms with Crippen LogP contribution in [0, 0.1) is 13.8 Å². The van der Waals surface area contributed by atoms with E-state index in [1.165, 1.54) is 0 Å². The molecular formula is C25H33NO6. The van der Waals surface area contributed by atoms with Crippen molar-refractivity contribution in [3.8, 4) is 22.6 Å². The molecule has 1 aromatic carbocycles. The van der Waals surface area contributed by atoms with Crippen LogP contribution in [0.3, 0.4) is 0 Å². The van der Waals surface area contributed by atoms with Crippen LogP contribution in [0.15, 0.2) is 18.2 Å². The molecule has 0 aliphatic heterocycles. The number of esters is 2. The first-order valence-electron chi connectivity index (χ1n) is 11.1. The third-order valence-corrected chi connectivity index (χ3v) is 4.98. The van der Waals surface area contributed by atoms with Crippen LogP contribution in [-0.2, 0) is 9.47 Å². The molecule has 0 unspecified atom stereocenters. The van der Waals surface area contributed by atoms with Crippen molar-refractivity contribution >= 4 is 11.9 Å². The fourth-order valence-corrected chi connectivity index (χ4v) is 3.52. The zero-order valence-electron chi connectivity index (χ0n) is 19.9. The molecule has 0 atom stereocenters. The lowest BCUT2D eigenvalue weighted by Gasteiger charge is -2.19. The molecule has 0 spiro atoms. The normalized spacial score (nSPS) is 10.6. The molecule has 32 heavy (non-hydrogen) atoms. The van der Waals surface area contributed by atoms with E-state index in [1.54, 1.807) is 53.0 Å². The highest BCUT2D eigenvalue weighted by atomic mass is 16.5. The second-order valence-electron chi connectivity index (χ2n) is 7.27. The number of unbranched alkanes of at least 4 members (excludes halogenated alkanes) is 2. The van der Waals surface area contributed by atoms with Gasteiger partial charge in [0.25, 0.3) is 0 Å². The predicted molar refractivity (Wildman–Crippen MR) is 123 cm³/mol. The highest BCUT2D eigenvalue weighted by Gasteiger charge is 2.28. The summed E-state index contributed by atoms with van der Waals surface area (Å²) in [7, 11) is 1.56. The van der Waals surface area contributed by atoms with Crippen LogP contribution in [0.2, 0.25) is 0 Å². The van der Waals surface area contributed by atoms with Crippen molar-refractivity contribution in [3.63, 3.8) is 0 Å². The Labute approximate surface area is 190 Å². The third-order valence-electron chi connectivity index (χ3n) is 4.98. The molecule has 0 aliphatic rings. The number of carbonyl (C=O) groups is 2. The molecule has 0 bridgehead atoms. The van der Waals surface area contributed by atoms with Gasteiger partial charge < -0.3 is 18.9 Å². The van der Waals surface area contributed by atoms with Gasteiger partial charge in [-0.15, -0.1) is 0 Å². The summed E-state index contributed by atoms with van der Waals surface area (Å²) in [5.41, 5.74) is 2.45. The summed E-state index contributed by atoms with van der Waals surface area (Å²) in [5, 5.41) is 0. The SMILES string of the molecule is CCCCCOc1ccc(-c2c(C(=O)OCC)c(C)nc(C)c2C(=O)OCC)cc1OC. The fourth-order valence-electron chi connectivity index (χ4n) is 3.52. The van der Waals surface area contributed by atoms with E-state index in [2.05, 4.69) is 11.9 Å². The van der Waals surface area contributed by atoms with Crippen LogP contribution in [-0.4, -0.2) is 43.9 Å². The maximum Gasteiger partial charge on any atom is 0.340 e. The number of benzene rings is 1. The minimum atomic E-state index is -0.545. The molecule has 1 heterocycles. The average molecular weight is 444 g/mol. The van der Waals surface area contributed by atoms with Crippen molar-refractivity contribution in [2.75, 3.05) is 26.9 Å². The van der Waals surface area contributed by atoms with E-state index in [0.717, 1.165) is 19.3 Å². The quantitative estimate of drug-likeness (QED) is 0.344. The van der Waals surface area contributed by atoms with E-state index in [0.29, 0.717) is 40.6 Å². The van der Waals surface area contributed by atoms with Crippen molar-refractivity contribution in [1.29, 1.82) is 0 Å². The van der Waals surface area contributed by atoms with Gasteiger partial charge in [0.15, 0.2) is 11.5 Å². The summed E-state index contributed by atoms with van der Waals surface area (Å²) in [6.07, 6.45) is 3.14. The van der Waals surface area contributed by atoms with E-state index in [-0.39, 0.29) is 24.3 Å². The Morgan fingerprint density at radius 3 is 1.97 bits per heavy atom. The number of aromatic nitrogens is 1. The van der Waals surface area contributed by atoms with Crippen LogP contribution in [0.5, 0.6) is 11.5 Å². The number of methoxy groups -OCH3 is 1. The Kier molecular flexibility index (Phi) is 9.50. The van der Waals surface area contributed by atoms with E-state index in [9.17, 15) is 9.59 Å². The molecule has 0 fully saturated rings. The van der Waals surface area contributed by atoms with Crippen LogP contribution < -0.4 is 9.47 Å². The van der Waals surface area contributed by atoms with Gasteiger partial charge in [-0.3, -0.25) is 4.98 Å². The van der Waals surface area contributed by atoms with Crippen molar-refractivity contribution in [1.82, 2.24) is 4.98 Å². The molecule has 174 valence electrons. The molecule has 2 aromatic rings. The van der Waals surface area contributed by atoms with Gasteiger partial charge >= 0.3 is 11.9 Å². The van der Waals surface area contributed by atoms with Crippen LogP contribution in [0.4, 0.5) is 0 Å². The highest BCUT2D eigenvalue weighted by Crippen LogP contribution is 2.38. The molecule has 7 nitrogen and oxygen atoms in total. The molecule has 0 N–H and O–H groups in total. The second kappa shape index (κ2) is 12.1. The number of aryl methyl sites for hydroxylation is 2. The van der Waals surface area contributed by atoms with E-state index < -0.39 is 11.9 Å². The van der Waals surface area contributed by atoms with Gasteiger partial charge in [-0.05, 0) is 51.8 Å². The Bertz CT molecular complexity index is 912. The van der Waals surface area contributed by atoms with Crippen LogP contribution in [0.1, 0.15) is 72.1 Å². The zero-order valence-corrected chi connectivity index (χ0v) is 19.9. The van der Waals surface area contributed by atoms with Crippen molar-refractivity contribution < 1.29 is 28.5 Å². The molecule has 7 heteroatoms. The molecular weight excluding hydrogens is 410 g/mol. The standard InChI is InChI=1S/C25H33NO6/c1-7-10-11-14-32-19-13-12-18(15-20(19)29-6)23-21(24(27)30-8-2)16(4)26-17(5)22(23)25(28)31-9-3/h12-13,15H,7-11,14H2,1-6H3. The summed E-state index contributed by atoms with van der Waals surface area (Å²) in [6.45, 7) is 10.0. The smallest absolute Gasteiger partial charge is 0.340 e. The third kappa shape index (κ3) is 5.78. The molecule has 0 saturated carbocycles. The fraction of sp³-hybridized carbons (Fsp3) is 0.480. The highest BCUT2D eigenvalue weighted by molar-refractivity contribution is 6.07. The molecule has 0 saturated heterocycles. The minimum absolute atomic E-state index is 0.203. The number of ether oxygens (including phenoxy) is 4. The Balaban J connectivity index is 2.67. The maximum atomic E-state index is 12.9. The first-order chi connectivity index (χ1) is 15.4. The maximum absolute atomic E-state index is 12.9. The first kappa shape index (κ1) is 25.2. The molecule has 0 aliphatic carbocycles. The molecule has 2 rings (SSSR count). The Hall–Kier alpha value is -3.09. The summed E-state index contributed by atoms with van der Waals surface area (Å²) < 4.78 is 22.0. The van der Waals surface area contributed by atoms with Gasteiger partial charge in [-0.2, -0.15) is 0 Å². The zero-order chi connectivity index (χ0) is 23.7. The number of hydrogen-bond acceptors (Lipinski definition) is 7. The summed E-state index contributed by atoms with van der Waals surface area (Å²) >= 11 is 0. The van der Waals surface area contributed by atoms with Crippen molar-refractivity contribution in [2.24, 2.45) is 0 Å². The number of carbonyl (C=O) groups excluding carboxylic acids is 2. The predicted octanol–water partition coefficient (Wildman–Crippen LogP) is 5.30. The van der Waals surface area contributed by atoms with Gasteiger partial charge in [0, 0.05) is 5.56 Å². The van der Waals surface area contributed by atoms with Gasteiger partial charge in [-0.1, -0.05) is 25.8 Å². The van der Waals surface area contributed by atoms with Crippen LogP contribution >= 0.6 is 0 Å². The molecule has 0 radical (unpaired) electrons. The van der Waals surface area contributed by atoms with Gasteiger partial charge in [-0.25, -0.2) is 9.59 Å². The summed E-state index contributed by atoms with van der Waals surface area (Å²) in [5.74, 6) is 0.0229. The number of nitrogens with zero attached hydrogens (tertiary/aromatic N) is 1. The molecule has 0 amide bonds. The lowest BCUT2D eigenvalue weighted by Crippen LogP contribution is -2.17. The minimum Gasteiger partial charge on any atom is -0.493 e. The summed E-state index contributed by atoms with van der Waals surface area (Å²) in [6, 6.07) is 5.35. The topological polar surface area (TPSA) is 84.0 Å². The molecule has 1 aromatic heterocycles. The Morgan fingerprint density at radius 2 is 1.47 bits per heavy atom. The van der Waals surface area contributed by atoms with Crippen LogP contribution in [0.25, 0.3) is 11.1 Å².